The van der Waals surface area contributed by atoms with E-state index in [2.05, 4.69) is 43.0 Å². The summed E-state index contributed by atoms with van der Waals surface area (Å²) in [7, 11) is 0. The number of hydrogen-bond donors (Lipinski definition) is 1. The van der Waals surface area contributed by atoms with Crippen LogP contribution in [0.3, 0.4) is 0 Å². The predicted octanol–water partition coefficient (Wildman–Crippen LogP) is 5.39. The molecule has 1 atom stereocenters. The summed E-state index contributed by atoms with van der Waals surface area (Å²) in [6.45, 7) is 15.1. The lowest BCUT2D eigenvalue weighted by Crippen LogP contribution is -2.34. The van der Waals surface area contributed by atoms with Gasteiger partial charge in [-0.2, -0.15) is 0 Å². The van der Waals surface area contributed by atoms with Crippen LogP contribution < -0.4 is 10.1 Å². The molecule has 228 valence electrons. The average Bonchev–Trinajstić information content (AvgIpc) is 2.92. The van der Waals surface area contributed by atoms with Crippen LogP contribution >= 0.6 is 0 Å². The molecule has 0 aliphatic heterocycles. The Balaban J connectivity index is 2.22. The van der Waals surface area contributed by atoms with Gasteiger partial charge >= 0.3 is 0 Å². The molecule has 0 aliphatic rings. The van der Waals surface area contributed by atoms with Gasteiger partial charge in [0.2, 0.25) is 0 Å². The number of nitrogens with zero attached hydrogens (tertiary/aromatic N) is 3. The summed E-state index contributed by atoms with van der Waals surface area (Å²) < 4.78 is 33.6. The summed E-state index contributed by atoms with van der Waals surface area (Å²) >= 11 is 0. The fourth-order valence-corrected chi connectivity index (χ4v) is 3.42. The SMILES string of the molecule is CC(C)CCCCOCCOCCOCCNC(=O)c1cccc(OCC(C)(N=[N+]=[N-])OCCOCC(C)C)c1. The Morgan fingerprint density at radius 2 is 1.60 bits per heavy atom. The second-order valence-electron chi connectivity index (χ2n) is 10.5. The van der Waals surface area contributed by atoms with Gasteiger partial charge in [0.25, 0.3) is 5.91 Å². The second-order valence-corrected chi connectivity index (χ2v) is 10.5. The molecule has 1 aromatic rings. The van der Waals surface area contributed by atoms with Crippen molar-refractivity contribution in [3.8, 4) is 5.75 Å². The highest BCUT2D eigenvalue weighted by Crippen LogP contribution is 2.19. The first-order chi connectivity index (χ1) is 19.3. The highest BCUT2D eigenvalue weighted by Gasteiger charge is 2.25. The van der Waals surface area contributed by atoms with Crippen LogP contribution in [0.5, 0.6) is 5.75 Å². The van der Waals surface area contributed by atoms with Crippen molar-refractivity contribution in [2.24, 2.45) is 17.0 Å². The van der Waals surface area contributed by atoms with Gasteiger partial charge in [0, 0.05) is 30.2 Å². The standard InChI is InChI=1S/C29H50N4O7/c1-24(2)9-6-7-13-35-15-17-37-18-16-36-14-12-31-28(34)26-10-8-11-27(21-26)39-23-29(5,32-33-30)40-20-19-38-22-25(3)4/h8,10-11,21,24-25H,6-7,9,12-20,22-23H2,1-5H3,(H,31,34). The molecule has 0 saturated carbocycles. The van der Waals surface area contributed by atoms with Gasteiger partial charge in [-0.1, -0.05) is 51.7 Å². The molecule has 0 saturated heterocycles. The fraction of sp³-hybridized carbons (Fsp3) is 0.759. The third-order valence-electron chi connectivity index (χ3n) is 5.55. The fourth-order valence-electron chi connectivity index (χ4n) is 3.42. The third kappa shape index (κ3) is 18.8. The molecule has 0 fully saturated rings. The van der Waals surface area contributed by atoms with Crippen LogP contribution in [0.1, 0.15) is 64.2 Å². The van der Waals surface area contributed by atoms with Crippen molar-refractivity contribution in [2.45, 2.75) is 59.6 Å². The van der Waals surface area contributed by atoms with Crippen molar-refractivity contribution >= 4 is 5.91 Å². The summed E-state index contributed by atoms with van der Waals surface area (Å²) in [6, 6.07) is 6.76. The Morgan fingerprint density at radius 3 is 2.27 bits per heavy atom. The van der Waals surface area contributed by atoms with Gasteiger partial charge in [-0.05, 0) is 48.9 Å². The Hall–Kier alpha value is -2.40. The number of carbonyl (C=O) groups is 1. The monoisotopic (exact) mass is 566 g/mol. The van der Waals surface area contributed by atoms with E-state index in [1.54, 1.807) is 31.2 Å². The molecule has 0 bridgehead atoms. The van der Waals surface area contributed by atoms with E-state index in [1.165, 1.54) is 12.8 Å². The van der Waals surface area contributed by atoms with E-state index >= 15 is 0 Å². The van der Waals surface area contributed by atoms with Gasteiger partial charge < -0.3 is 33.7 Å². The molecule has 0 aliphatic carbocycles. The first kappa shape index (κ1) is 35.6. The highest BCUT2D eigenvalue weighted by molar-refractivity contribution is 5.94. The van der Waals surface area contributed by atoms with E-state index in [1.807, 2.05) is 0 Å². The van der Waals surface area contributed by atoms with E-state index in [-0.39, 0.29) is 19.1 Å². The molecule has 1 aromatic carbocycles. The maximum Gasteiger partial charge on any atom is 0.251 e. The maximum atomic E-state index is 12.5. The van der Waals surface area contributed by atoms with Crippen LogP contribution in [0, 0.1) is 11.8 Å². The van der Waals surface area contributed by atoms with Gasteiger partial charge in [0.15, 0.2) is 5.72 Å². The van der Waals surface area contributed by atoms with Gasteiger partial charge in [-0.15, -0.1) is 0 Å². The first-order valence-corrected chi connectivity index (χ1v) is 14.3. The zero-order valence-corrected chi connectivity index (χ0v) is 25.1. The molecule has 0 spiro atoms. The van der Waals surface area contributed by atoms with Crippen molar-refractivity contribution in [3.05, 3.63) is 40.3 Å². The molecule has 1 unspecified atom stereocenters. The summed E-state index contributed by atoms with van der Waals surface area (Å²) in [6.07, 6.45) is 3.53. The quantitative estimate of drug-likeness (QED) is 0.0726. The molecule has 1 rings (SSSR count). The Morgan fingerprint density at radius 1 is 0.925 bits per heavy atom. The normalized spacial score (nSPS) is 12.8. The minimum Gasteiger partial charge on any atom is -0.490 e. The molecular weight excluding hydrogens is 516 g/mol. The van der Waals surface area contributed by atoms with Crippen molar-refractivity contribution in [1.82, 2.24) is 5.32 Å². The van der Waals surface area contributed by atoms with Crippen LogP contribution in [0.2, 0.25) is 0 Å². The lowest BCUT2D eigenvalue weighted by atomic mass is 10.1. The van der Waals surface area contributed by atoms with Crippen molar-refractivity contribution in [2.75, 3.05) is 72.6 Å². The molecule has 11 nitrogen and oxygen atoms in total. The van der Waals surface area contributed by atoms with Crippen molar-refractivity contribution in [1.29, 1.82) is 0 Å². The zero-order chi connectivity index (χ0) is 29.5. The summed E-state index contributed by atoms with van der Waals surface area (Å²) in [5.74, 6) is 1.38. The third-order valence-corrected chi connectivity index (χ3v) is 5.55. The van der Waals surface area contributed by atoms with E-state index in [0.717, 1.165) is 18.9 Å². The van der Waals surface area contributed by atoms with Gasteiger partial charge in [0.05, 0.1) is 46.2 Å². The number of amides is 1. The van der Waals surface area contributed by atoms with Crippen molar-refractivity contribution < 1.29 is 33.2 Å². The minimum absolute atomic E-state index is 0.0212. The molecule has 1 N–H and O–H groups in total. The van der Waals surface area contributed by atoms with E-state index in [0.29, 0.717) is 70.0 Å². The number of benzene rings is 1. The number of rotatable bonds is 25. The van der Waals surface area contributed by atoms with Crippen LogP contribution in [0.25, 0.3) is 10.4 Å². The maximum absolute atomic E-state index is 12.5. The number of azide groups is 1. The highest BCUT2D eigenvalue weighted by atomic mass is 16.6. The number of ether oxygens (including phenoxy) is 6. The molecular formula is C29H50N4O7. The molecule has 40 heavy (non-hydrogen) atoms. The second kappa shape index (κ2) is 22.3. The largest absolute Gasteiger partial charge is 0.490 e. The smallest absolute Gasteiger partial charge is 0.251 e. The predicted molar refractivity (Wildman–Crippen MR) is 155 cm³/mol. The molecule has 0 radical (unpaired) electrons. The molecule has 11 heteroatoms. The first-order valence-electron chi connectivity index (χ1n) is 14.3. The minimum atomic E-state index is -1.21. The molecule has 0 heterocycles. The lowest BCUT2D eigenvalue weighted by Gasteiger charge is -2.25. The Kier molecular flexibility index (Phi) is 19.9. The summed E-state index contributed by atoms with van der Waals surface area (Å²) in [4.78, 5) is 15.4. The summed E-state index contributed by atoms with van der Waals surface area (Å²) in [5.41, 5.74) is 8.17. The average molecular weight is 567 g/mol. The van der Waals surface area contributed by atoms with E-state index in [9.17, 15) is 4.79 Å². The van der Waals surface area contributed by atoms with Gasteiger partial charge in [-0.25, -0.2) is 0 Å². The zero-order valence-electron chi connectivity index (χ0n) is 25.1. The van der Waals surface area contributed by atoms with Crippen LogP contribution in [-0.2, 0) is 23.7 Å². The van der Waals surface area contributed by atoms with E-state index < -0.39 is 5.72 Å². The number of nitrogens with one attached hydrogen (secondary N) is 1. The Bertz CT molecular complexity index is 849. The Labute approximate surface area is 239 Å². The summed E-state index contributed by atoms with van der Waals surface area (Å²) in [5, 5.41) is 6.56. The van der Waals surface area contributed by atoms with Crippen LogP contribution in [-0.4, -0.2) is 84.2 Å². The number of carbonyl (C=O) groups excluding carboxylic acids is 1. The van der Waals surface area contributed by atoms with Crippen molar-refractivity contribution in [3.63, 3.8) is 0 Å². The van der Waals surface area contributed by atoms with Crippen LogP contribution in [0.4, 0.5) is 0 Å². The van der Waals surface area contributed by atoms with Gasteiger partial charge in [0.1, 0.15) is 12.4 Å². The molecule has 0 aromatic heterocycles. The number of hydrogen-bond acceptors (Lipinski definition) is 8. The van der Waals surface area contributed by atoms with Crippen LogP contribution in [0.15, 0.2) is 29.4 Å². The number of unbranched alkanes of at least 4 members (excludes halogenated alkanes) is 1. The molecule has 1 amide bonds. The van der Waals surface area contributed by atoms with E-state index in [4.69, 9.17) is 34.0 Å². The van der Waals surface area contributed by atoms with Gasteiger partial charge in [-0.3, -0.25) is 4.79 Å². The topological polar surface area (TPSA) is 133 Å². The lowest BCUT2D eigenvalue weighted by molar-refractivity contribution is -0.0762.